The molecule has 1 aliphatic carbocycles. The molecule has 2 aromatic rings. The van der Waals surface area contributed by atoms with Crippen molar-refractivity contribution < 1.29 is 23.5 Å². The molecule has 2 atom stereocenters. The Morgan fingerprint density at radius 1 is 1.40 bits per heavy atom. The fourth-order valence-corrected chi connectivity index (χ4v) is 3.78. The molecule has 132 valence electrons. The molecule has 0 bridgehead atoms. The summed E-state index contributed by atoms with van der Waals surface area (Å²) < 4.78 is 16.3. The van der Waals surface area contributed by atoms with Crippen molar-refractivity contribution in [1.82, 2.24) is 4.98 Å². The van der Waals surface area contributed by atoms with Crippen molar-refractivity contribution in [2.24, 2.45) is 0 Å². The summed E-state index contributed by atoms with van der Waals surface area (Å²) in [6, 6.07) is 3.71. The standard InChI is InChI=1S/C19H21NO5/c1-11-17-14(8-12(9-15(17)21)16-5-3-7-24-16)20-18(11)19(22)25-10-13-4-2-6-23-13/h3,5,7,12-13,20H,2,4,6,8-10H2,1H3/t12?,13-/m1/s1. The molecule has 1 unspecified atom stereocenters. The molecule has 2 aromatic heterocycles. The van der Waals surface area contributed by atoms with Gasteiger partial charge >= 0.3 is 5.97 Å². The highest BCUT2D eigenvalue weighted by Gasteiger charge is 2.33. The van der Waals surface area contributed by atoms with E-state index in [0.29, 0.717) is 29.7 Å². The molecule has 0 radical (unpaired) electrons. The number of furan rings is 1. The number of ketones is 1. The first-order valence-electron chi connectivity index (χ1n) is 8.70. The lowest BCUT2D eigenvalue weighted by Crippen LogP contribution is -2.18. The van der Waals surface area contributed by atoms with Gasteiger partial charge in [0.2, 0.25) is 0 Å². The van der Waals surface area contributed by atoms with Crippen LogP contribution in [0.2, 0.25) is 0 Å². The molecule has 1 N–H and O–H groups in total. The molecule has 0 spiro atoms. The van der Waals surface area contributed by atoms with Gasteiger partial charge in [0.05, 0.1) is 12.4 Å². The van der Waals surface area contributed by atoms with Gasteiger partial charge in [-0.05, 0) is 43.9 Å². The number of rotatable bonds is 4. The zero-order valence-electron chi connectivity index (χ0n) is 14.2. The molecule has 0 amide bonds. The van der Waals surface area contributed by atoms with E-state index in [1.807, 2.05) is 12.1 Å². The molecule has 4 rings (SSSR count). The number of carbonyl (C=O) groups is 2. The second-order valence-electron chi connectivity index (χ2n) is 6.76. The Morgan fingerprint density at radius 3 is 3.00 bits per heavy atom. The molecule has 6 heteroatoms. The van der Waals surface area contributed by atoms with E-state index in [2.05, 4.69) is 4.98 Å². The van der Waals surface area contributed by atoms with Crippen molar-refractivity contribution in [3.8, 4) is 0 Å². The lowest BCUT2D eigenvalue weighted by Gasteiger charge is -2.19. The van der Waals surface area contributed by atoms with E-state index in [-0.39, 0.29) is 24.4 Å². The van der Waals surface area contributed by atoms with E-state index in [0.717, 1.165) is 30.9 Å². The van der Waals surface area contributed by atoms with Gasteiger partial charge in [-0.3, -0.25) is 4.79 Å². The first kappa shape index (κ1) is 16.1. The van der Waals surface area contributed by atoms with E-state index >= 15 is 0 Å². The second-order valence-corrected chi connectivity index (χ2v) is 6.76. The number of esters is 1. The molecule has 1 aliphatic heterocycles. The maximum Gasteiger partial charge on any atom is 0.355 e. The number of hydrogen-bond donors (Lipinski definition) is 1. The SMILES string of the molecule is Cc1c(C(=O)OC[C@H]2CCCO2)[nH]c2c1C(=O)CC(c1ccco1)C2. The van der Waals surface area contributed by atoms with E-state index < -0.39 is 5.97 Å². The van der Waals surface area contributed by atoms with E-state index in [4.69, 9.17) is 13.9 Å². The van der Waals surface area contributed by atoms with E-state index in [1.165, 1.54) is 0 Å². The van der Waals surface area contributed by atoms with Gasteiger partial charge < -0.3 is 18.9 Å². The maximum atomic E-state index is 12.6. The molecular formula is C19H21NO5. The van der Waals surface area contributed by atoms with Crippen molar-refractivity contribution >= 4 is 11.8 Å². The Bertz CT molecular complexity index is 783. The number of nitrogens with one attached hydrogen (secondary N) is 1. The topological polar surface area (TPSA) is 81.5 Å². The number of aromatic nitrogens is 1. The summed E-state index contributed by atoms with van der Waals surface area (Å²) >= 11 is 0. The Kier molecular flexibility index (Phi) is 4.21. The Hall–Kier alpha value is -2.34. The summed E-state index contributed by atoms with van der Waals surface area (Å²) in [6.07, 6.45) is 4.55. The number of Topliss-reactive ketones (excluding diaryl/α,β-unsaturated/α-hetero) is 1. The van der Waals surface area contributed by atoms with Gasteiger partial charge in [0, 0.05) is 30.2 Å². The highest BCUT2D eigenvalue weighted by Crippen LogP contribution is 2.35. The van der Waals surface area contributed by atoms with Crippen LogP contribution in [-0.2, 0) is 15.9 Å². The predicted octanol–water partition coefficient (Wildman–Crippen LogP) is 3.16. The van der Waals surface area contributed by atoms with Crippen LogP contribution in [0.3, 0.4) is 0 Å². The third-order valence-electron chi connectivity index (χ3n) is 5.06. The van der Waals surface area contributed by atoms with Gasteiger partial charge in [0.15, 0.2) is 5.78 Å². The van der Waals surface area contributed by atoms with Gasteiger partial charge in [-0.15, -0.1) is 0 Å². The lowest BCUT2D eigenvalue weighted by atomic mass is 9.84. The largest absolute Gasteiger partial charge is 0.469 e. The third-order valence-corrected chi connectivity index (χ3v) is 5.06. The molecule has 6 nitrogen and oxygen atoms in total. The molecule has 1 fully saturated rings. The summed E-state index contributed by atoms with van der Waals surface area (Å²) in [7, 11) is 0. The monoisotopic (exact) mass is 343 g/mol. The average molecular weight is 343 g/mol. The van der Waals surface area contributed by atoms with Crippen molar-refractivity contribution in [2.45, 2.75) is 44.6 Å². The highest BCUT2D eigenvalue weighted by molar-refractivity contribution is 6.03. The molecule has 25 heavy (non-hydrogen) atoms. The maximum absolute atomic E-state index is 12.6. The van der Waals surface area contributed by atoms with Crippen LogP contribution < -0.4 is 0 Å². The second kappa shape index (κ2) is 6.52. The third kappa shape index (κ3) is 3.02. The fraction of sp³-hybridized carbons (Fsp3) is 0.474. The first-order chi connectivity index (χ1) is 12.1. The fourth-order valence-electron chi connectivity index (χ4n) is 3.78. The van der Waals surface area contributed by atoms with Crippen LogP contribution >= 0.6 is 0 Å². The number of fused-ring (bicyclic) bond motifs is 1. The van der Waals surface area contributed by atoms with Crippen molar-refractivity contribution in [1.29, 1.82) is 0 Å². The zero-order valence-corrected chi connectivity index (χ0v) is 14.2. The summed E-state index contributed by atoms with van der Waals surface area (Å²) in [6.45, 7) is 2.77. The van der Waals surface area contributed by atoms with Crippen LogP contribution in [0, 0.1) is 6.92 Å². The Balaban J connectivity index is 1.52. The predicted molar refractivity (Wildman–Crippen MR) is 88.9 cm³/mol. The quantitative estimate of drug-likeness (QED) is 0.862. The van der Waals surface area contributed by atoms with Gasteiger partial charge in [0.1, 0.15) is 18.1 Å². The number of hydrogen-bond acceptors (Lipinski definition) is 5. The smallest absolute Gasteiger partial charge is 0.355 e. The average Bonchev–Trinajstić information content (AvgIpc) is 3.34. The summed E-state index contributed by atoms with van der Waals surface area (Å²) in [5.41, 5.74) is 2.47. The van der Waals surface area contributed by atoms with Crippen LogP contribution in [0.25, 0.3) is 0 Å². The van der Waals surface area contributed by atoms with E-state index in [1.54, 1.807) is 13.2 Å². The lowest BCUT2D eigenvalue weighted by molar-refractivity contribution is 0.0156. The van der Waals surface area contributed by atoms with Gasteiger partial charge in [-0.25, -0.2) is 4.79 Å². The Morgan fingerprint density at radius 2 is 2.28 bits per heavy atom. The van der Waals surface area contributed by atoms with Crippen LogP contribution in [0.5, 0.6) is 0 Å². The normalized spacial score (nSPS) is 22.8. The Labute approximate surface area is 145 Å². The summed E-state index contributed by atoms with van der Waals surface area (Å²) in [4.78, 5) is 28.1. The zero-order chi connectivity index (χ0) is 17.4. The number of aromatic amines is 1. The minimum atomic E-state index is -0.426. The number of carbonyl (C=O) groups excluding carboxylic acids is 2. The highest BCUT2D eigenvalue weighted by atomic mass is 16.6. The number of H-pyrrole nitrogens is 1. The summed E-state index contributed by atoms with van der Waals surface area (Å²) in [5, 5.41) is 0. The van der Waals surface area contributed by atoms with Gasteiger partial charge in [-0.1, -0.05) is 0 Å². The van der Waals surface area contributed by atoms with Crippen molar-refractivity contribution in [3.05, 3.63) is 46.7 Å². The van der Waals surface area contributed by atoms with Crippen LogP contribution in [0.1, 0.15) is 63.0 Å². The number of ether oxygens (including phenoxy) is 2. The minimum absolute atomic E-state index is 0.00353. The van der Waals surface area contributed by atoms with Crippen molar-refractivity contribution in [2.75, 3.05) is 13.2 Å². The van der Waals surface area contributed by atoms with Gasteiger partial charge in [-0.2, -0.15) is 0 Å². The summed E-state index contributed by atoms with van der Waals surface area (Å²) in [5.74, 6) is 0.414. The van der Waals surface area contributed by atoms with Crippen LogP contribution in [-0.4, -0.2) is 36.1 Å². The first-order valence-corrected chi connectivity index (χ1v) is 8.70. The van der Waals surface area contributed by atoms with Crippen LogP contribution in [0.4, 0.5) is 0 Å². The minimum Gasteiger partial charge on any atom is -0.469 e. The molecule has 2 aliphatic rings. The van der Waals surface area contributed by atoms with Gasteiger partial charge in [0.25, 0.3) is 0 Å². The van der Waals surface area contributed by atoms with E-state index in [9.17, 15) is 9.59 Å². The van der Waals surface area contributed by atoms with Crippen LogP contribution in [0.15, 0.2) is 22.8 Å². The van der Waals surface area contributed by atoms with Crippen molar-refractivity contribution in [3.63, 3.8) is 0 Å². The molecular weight excluding hydrogens is 322 g/mol. The molecule has 3 heterocycles. The molecule has 1 saturated heterocycles. The molecule has 0 aromatic carbocycles. The molecule has 0 saturated carbocycles.